The molecule has 0 aliphatic carbocycles. The van der Waals surface area contributed by atoms with Gasteiger partial charge in [0, 0.05) is 64.4 Å². The van der Waals surface area contributed by atoms with Crippen LogP contribution in [-0.2, 0) is 13.1 Å². The lowest BCUT2D eigenvalue weighted by molar-refractivity contribution is 0.0633. The van der Waals surface area contributed by atoms with E-state index in [4.69, 9.17) is 0 Å². The van der Waals surface area contributed by atoms with E-state index >= 15 is 0 Å². The van der Waals surface area contributed by atoms with E-state index < -0.39 is 0 Å². The summed E-state index contributed by atoms with van der Waals surface area (Å²) >= 11 is 0. The molecule has 1 unspecified atom stereocenters. The predicted molar refractivity (Wildman–Crippen MR) is 98.7 cm³/mol. The molecule has 138 valence electrons. The first kappa shape index (κ1) is 17.2. The largest absolute Gasteiger partial charge is 0.327 e. The molecular weight excluding hydrogens is 328 g/mol. The van der Waals surface area contributed by atoms with Gasteiger partial charge >= 0.3 is 0 Å². The van der Waals surface area contributed by atoms with E-state index in [2.05, 4.69) is 38.3 Å². The average molecular weight is 354 g/mol. The Labute approximate surface area is 154 Å². The van der Waals surface area contributed by atoms with Gasteiger partial charge in [-0.1, -0.05) is 0 Å². The summed E-state index contributed by atoms with van der Waals surface area (Å²) in [5, 5.41) is 0. The molecule has 2 aromatic rings. The number of nitrogens with zero attached hydrogens (tertiary/aromatic N) is 6. The minimum absolute atomic E-state index is 0.0282. The Morgan fingerprint density at radius 2 is 1.96 bits per heavy atom. The zero-order chi connectivity index (χ0) is 18.1. The van der Waals surface area contributed by atoms with Gasteiger partial charge in [-0.05, 0) is 26.1 Å². The maximum absolute atomic E-state index is 12.8. The Hall–Kier alpha value is -2.25. The van der Waals surface area contributed by atoms with E-state index in [0.29, 0.717) is 12.1 Å². The Bertz CT molecular complexity index is 766. The number of hydrogen-bond acceptors (Lipinski definition) is 5. The van der Waals surface area contributed by atoms with Crippen molar-refractivity contribution in [3.05, 3.63) is 47.8 Å². The molecule has 1 atom stereocenters. The summed E-state index contributed by atoms with van der Waals surface area (Å²) in [7, 11) is 2.17. The molecule has 7 nitrogen and oxygen atoms in total. The van der Waals surface area contributed by atoms with E-state index in [-0.39, 0.29) is 11.9 Å². The monoisotopic (exact) mass is 354 g/mol. The van der Waals surface area contributed by atoms with Crippen molar-refractivity contribution in [3.8, 4) is 0 Å². The highest BCUT2D eigenvalue weighted by atomic mass is 16.2. The molecule has 0 radical (unpaired) electrons. The van der Waals surface area contributed by atoms with Crippen molar-refractivity contribution < 1.29 is 4.79 Å². The number of fused-ring (bicyclic) bond motifs is 1. The van der Waals surface area contributed by atoms with Gasteiger partial charge in [-0.2, -0.15) is 0 Å². The third kappa shape index (κ3) is 3.24. The third-order valence-electron chi connectivity index (χ3n) is 5.53. The number of rotatable bonds is 3. The first-order valence-electron chi connectivity index (χ1n) is 9.29. The second-order valence-electron chi connectivity index (χ2n) is 7.26. The molecule has 4 heterocycles. The molecule has 4 rings (SSSR count). The first-order valence-corrected chi connectivity index (χ1v) is 9.29. The zero-order valence-electron chi connectivity index (χ0n) is 15.5. The molecular formula is C19H26N6O. The highest BCUT2D eigenvalue weighted by molar-refractivity contribution is 5.94. The van der Waals surface area contributed by atoms with Crippen molar-refractivity contribution in [1.82, 2.24) is 29.2 Å². The topological polar surface area (TPSA) is 57.5 Å². The van der Waals surface area contributed by atoms with Crippen LogP contribution in [0.5, 0.6) is 0 Å². The second kappa shape index (κ2) is 7.17. The number of pyridine rings is 1. The minimum atomic E-state index is -0.0299. The number of aromatic nitrogens is 3. The fourth-order valence-electron chi connectivity index (χ4n) is 3.85. The van der Waals surface area contributed by atoms with Crippen LogP contribution >= 0.6 is 0 Å². The number of likely N-dealkylation sites (N-methyl/N-ethyl adjacent to an activating group) is 1. The van der Waals surface area contributed by atoms with Crippen LogP contribution in [-0.4, -0.2) is 74.9 Å². The Morgan fingerprint density at radius 1 is 1.15 bits per heavy atom. The highest BCUT2D eigenvalue weighted by Gasteiger charge is 2.31. The lowest BCUT2D eigenvalue weighted by Crippen LogP contribution is -2.45. The summed E-state index contributed by atoms with van der Waals surface area (Å²) in [6, 6.07) is 3.59. The lowest BCUT2D eigenvalue weighted by Gasteiger charge is -2.36. The van der Waals surface area contributed by atoms with Gasteiger partial charge in [-0.15, -0.1) is 0 Å². The third-order valence-corrected chi connectivity index (χ3v) is 5.53. The van der Waals surface area contributed by atoms with Gasteiger partial charge < -0.3 is 14.4 Å². The molecule has 1 saturated heterocycles. The van der Waals surface area contributed by atoms with Crippen LogP contribution < -0.4 is 0 Å². The van der Waals surface area contributed by atoms with Crippen LogP contribution in [0, 0.1) is 0 Å². The fourth-order valence-corrected chi connectivity index (χ4v) is 3.85. The van der Waals surface area contributed by atoms with Crippen LogP contribution in [0.4, 0.5) is 0 Å². The summed E-state index contributed by atoms with van der Waals surface area (Å²) in [5.74, 6) is 1.01. The Morgan fingerprint density at radius 3 is 2.69 bits per heavy atom. The molecule has 0 spiro atoms. The number of piperazine rings is 1. The van der Waals surface area contributed by atoms with E-state index in [1.54, 1.807) is 18.5 Å². The summed E-state index contributed by atoms with van der Waals surface area (Å²) in [6.45, 7) is 8.92. The summed E-state index contributed by atoms with van der Waals surface area (Å²) in [5.41, 5.74) is 1.89. The minimum Gasteiger partial charge on any atom is -0.327 e. The van der Waals surface area contributed by atoms with Crippen LogP contribution in [0.15, 0.2) is 30.7 Å². The maximum atomic E-state index is 12.8. The fraction of sp³-hybridized carbons (Fsp3) is 0.526. The summed E-state index contributed by atoms with van der Waals surface area (Å²) < 4.78 is 2.30. The van der Waals surface area contributed by atoms with Crippen molar-refractivity contribution >= 4 is 5.91 Å². The predicted octanol–water partition coefficient (Wildman–Crippen LogP) is 1.24. The van der Waals surface area contributed by atoms with E-state index in [1.807, 2.05) is 17.2 Å². The number of hydrogen-bond donors (Lipinski definition) is 0. The van der Waals surface area contributed by atoms with Gasteiger partial charge in [0.15, 0.2) is 0 Å². The number of amides is 1. The normalized spacial score (nSPS) is 21.6. The van der Waals surface area contributed by atoms with Gasteiger partial charge in [0.1, 0.15) is 5.82 Å². The molecule has 0 bridgehead atoms. The number of imidazole rings is 1. The molecule has 1 fully saturated rings. The van der Waals surface area contributed by atoms with Gasteiger partial charge in [0.25, 0.3) is 5.91 Å². The molecule has 2 aromatic heterocycles. The maximum Gasteiger partial charge on any atom is 0.256 e. The lowest BCUT2D eigenvalue weighted by atomic mass is 10.1. The molecule has 0 N–H and O–H groups in total. The van der Waals surface area contributed by atoms with E-state index in [9.17, 15) is 4.79 Å². The summed E-state index contributed by atoms with van der Waals surface area (Å²) in [4.78, 5) is 28.3. The SMILES string of the molecule is CC1c2ncc(CN3CCN(C)CC3)n2CCN1C(=O)c1cccnc1. The molecule has 2 aliphatic rings. The Balaban J connectivity index is 1.49. The van der Waals surface area contributed by atoms with Crippen molar-refractivity contribution in [3.63, 3.8) is 0 Å². The zero-order valence-corrected chi connectivity index (χ0v) is 15.5. The van der Waals surface area contributed by atoms with Crippen LogP contribution in [0.25, 0.3) is 0 Å². The van der Waals surface area contributed by atoms with Gasteiger partial charge in [-0.25, -0.2) is 4.98 Å². The molecule has 1 amide bonds. The van der Waals surface area contributed by atoms with E-state index in [1.165, 1.54) is 5.69 Å². The standard InChI is InChI=1S/C19H26N6O/c1-15-18-21-13-17(14-23-8-6-22(2)7-9-23)25(18)11-10-24(15)19(26)16-4-3-5-20-12-16/h3-5,12-13,15H,6-11,14H2,1-2H3. The molecule has 26 heavy (non-hydrogen) atoms. The smallest absolute Gasteiger partial charge is 0.256 e. The quantitative estimate of drug-likeness (QED) is 0.830. The molecule has 2 aliphatic heterocycles. The van der Waals surface area contributed by atoms with Crippen molar-refractivity contribution in [1.29, 1.82) is 0 Å². The summed E-state index contributed by atoms with van der Waals surface area (Å²) in [6.07, 6.45) is 5.31. The van der Waals surface area contributed by atoms with Gasteiger partial charge in [-0.3, -0.25) is 14.7 Å². The second-order valence-corrected chi connectivity index (χ2v) is 7.26. The number of carbonyl (C=O) groups is 1. The van der Waals surface area contributed by atoms with Crippen molar-refractivity contribution in [2.75, 3.05) is 39.8 Å². The Kier molecular flexibility index (Phi) is 4.74. The molecule has 0 aromatic carbocycles. The first-order chi connectivity index (χ1) is 12.6. The van der Waals surface area contributed by atoms with Crippen molar-refractivity contribution in [2.45, 2.75) is 26.1 Å². The molecule has 7 heteroatoms. The van der Waals surface area contributed by atoms with Crippen LogP contribution in [0.3, 0.4) is 0 Å². The van der Waals surface area contributed by atoms with Gasteiger partial charge in [0.05, 0.1) is 17.3 Å². The van der Waals surface area contributed by atoms with Crippen molar-refractivity contribution in [2.24, 2.45) is 0 Å². The molecule has 0 saturated carbocycles. The number of carbonyl (C=O) groups excluding carboxylic acids is 1. The average Bonchev–Trinajstić information content (AvgIpc) is 3.08. The van der Waals surface area contributed by atoms with Crippen LogP contribution in [0.2, 0.25) is 0 Å². The van der Waals surface area contributed by atoms with Gasteiger partial charge in [0.2, 0.25) is 0 Å². The van der Waals surface area contributed by atoms with E-state index in [0.717, 1.165) is 45.1 Å². The highest BCUT2D eigenvalue weighted by Crippen LogP contribution is 2.27. The van der Waals surface area contributed by atoms with Crippen LogP contribution in [0.1, 0.15) is 34.8 Å².